The first-order valence-electron chi connectivity index (χ1n) is 8.10. The Morgan fingerprint density at radius 2 is 1.68 bits per heavy atom. The Morgan fingerprint density at radius 3 is 2.28 bits per heavy atom. The molecule has 0 bridgehead atoms. The number of nitrogens with zero attached hydrogens (tertiary/aromatic N) is 1. The van der Waals surface area contributed by atoms with Gasteiger partial charge in [-0.3, -0.25) is 9.59 Å². The van der Waals surface area contributed by atoms with Crippen LogP contribution in [0.4, 0.5) is 0 Å². The number of hydrogen-bond acceptors (Lipinski definition) is 6. The van der Waals surface area contributed by atoms with Crippen LogP contribution < -0.4 is 9.47 Å². The van der Waals surface area contributed by atoms with Gasteiger partial charge in [0.1, 0.15) is 0 Å². The van der Waals surface area contributed by atoms with E-state index in [0.717, 1.165) is 5.56 Å². The predicted octanol–water partition coefficient (Wildman–Crippen LogP) is 1.67. The summed E-state index contributed by atoms with van der Waals surface area (Å²) in [5, 5.41) is 0. The van der Waals surface area contributed by atoms with Crippen LogP contribution in [0, 0.1) is 0 Å². The molecule has 25 heavy (non-hydrogen) atoms. The molecule has 0 aromatic heterocycles. The molecular formula is C18H27NO6. The van der Waals surface area contributed by atoms with Gasteiger partial charge in [-0.25, -0.2) is 0 Å². The number of carbonyl (C=O) groups is 2. The Kier molecular flexibility index (Phi) is 9.39. The van der Waals surface area contributed by atoms with Gasteiger partial charge in [-0.05, 0) is 24.1 Å². The van der Waals surface area contributed by atoms with Crippen LogP contribution in [-0.4, -0.2) is 64.9 Å². The third kappa shape index (κ3) is 7.01. The lowest BCUT2D eigenvalue weighted by Crippen LogP contribution is -2.36. The van der Waals surface area contributed by atoms with Crippen LogP contribution in [-0.2, 0) is 25.5 Å². The molecule has 0 radical (unpaired) electrons. The summed E-state index contributed by atoms with van der Waals surface area (Å²) in [6, 6.07) is 5.58. The highest BCUT2D eigenvalue weighted by Gasteiger charge is 2.15. The van der Waals surface area contributed by atoms with Crippen LogP contribution in [0.25, 0.3) is 0 Å². The molecule has 0 aliphatic heterocycles. The number of aryl methyl sites for hydroxylation is 1. The standard InChI is InChI=1S/C18H27NO6/c1-22-12-11-19(10-9-18(21)25-4)17(20)8-6-14-5-7-15(23-2)16(13-14)24-3/h5,7,13H,6,8-12H2,1-4H3. The molecule has 1 amide bonds. The molecule has 0 atom stereocenters. The quantitative estimate of drug-likeness (QED) is 0.564. The molecule has 1 aromatic carbocycles. The second-order valence-corrected chi connectivity index (χ2v) is 5.39. The van der Waals surface area contributed by atoms with E-state index >= 15 is 0 Å². The topological polar surface area (TPSA) is 74.3 Å². The lowest BCUT2D eigenvalue weighted by molar-refractivity contribution is -0.141. The molecule has 7 nitrogen and oxygen atoms in total. The minimum atomic E-state index is -0.338. The van der Waals surface area contributed by atoms with E-state index in [9.17, 15) is 9.59 Å². The van der Waals surface area contributed by atoms with Crippen LogP contribution in [0.2, 0.25) is 0 Å². The maximum atomic E-state index is 12.5. The van der Waals surface area contributed by atoms with Gasteiger partial charge in [0.15, 0.2) is 11.5 Å². The van der Waals surface area contributed by atoms with Crippen molar-refractivity contribution in [2.24, 2.45) is 0 Å². The summed E-state index contributed by atoms with van der Waals surface area (Å²) in [4.78, 5) is 25.4. The van der Waals surface area contributed by atoms with E-state index in [1.807, 2.05) is 18.2 Å². The molecule has 0 N–H and O–H groups in total. The van der Waals surface area contributed by atoms with Gasteiger partial charge in [0.05, 0.1) is 34.4 Å². The summed E-state index contributed by atoms with van der Waals surface area (Å²) in [7, 11) is 6.06. The smallest absolute Gasteiger partial charge is 0.307 e. The maximum Gasteiger partial charge on any atom is 0.307 e. The van der Waals surface area contributed by atoms with Gasteiger partial charge in [-0.1, -0.05) is 6.07 Å². The Bertz CT molecular complexity index is 560. The SMILES string of the molecule is COCCN(CCC(=O)OC)C(=O)CCc1ccc(OC)c(OC)c1. The van der Waals surface area contributed by atoms with Gasteiger partial charge in [0.25, 0.3) is 0 Å². The van der Waals surface area contributed by atoms with E-state index in [2.05, 4.69) is 4.74 Å². The van der Waals surface area contributed by atoms with Gasteiger partial charge in [0.2, 0.25) is 5.91 Å². The molecule has 0 heterocycles. The van der Waals surface area contributed by atoms with Crippen molar-refractivity contribution in [3.63, 3.8) is 0 Å². The Morgan fingerprint density at radius 1 is 0.960 bits per heavy atom. The minimum absolute atomic E-state index is 0.0317. The number of carbonyl (C=O) groups excluding carboxylic acids is 2. The number of amides is 1. The first kappa shape index (κ1) is 20.8. The summed E-state index contributed by atoms with van der Waals surface area (Å²) in [5.74, 6) is 0.914. The van der Waals surface area contributed by atoms with Crippen molar-refractivity contribution in [3.05, 3.63) is 23.8 Å². The maximum absolute atomic E-state index is 12.5. The highest BCUT2D eigenvalue weighted by Crippen LogP contribution is 2.28. The largest absolute Gasteiger partial charge is 0.493 e. The van der Waals surface area contributed by atoms with Gasteiger partial charge in [-0.2, -0.15) is 0 Å². The van der Waals surface area contributed by atoms with Crippen molar-refractivity contribution in [1.29, 1.82) is 0 Å². The molecule has 0 spiro atoms. The molecule has 0 saturated heterocycles. The third-order valence-electron chi connectivity index (χ3n) is 3.81. The minimum Gasteiger partial charge on any atom is -0.493 e. The zero-order valence-electron chi connectivity index (χ0n) is 15.4. The fourth-order valence-electron chi connectivity index (χ4n) is 2.34. The molecule has 0 unspecified atom stereocenters. The first-order valence-corrected chi connectivity index (χ1v) is 8.10. The Labute approximate surface area is 148 Å². The first-order chi connectivity index (χ1) is 12.0. The molecule has 7 heteroatoms. The zero-order chi connectivity index (χ0) is 18.7. The van der Waals surface area contributed by atoms with Crippen molar-refractivity contribution in [3.8, 4) is 11.5 Å². The fourth-order valence-corrected chi connectivity index (χ4v) is 2.34. The van der Waals surface area contributed by atoms with Crippen LogP contribution in [0.15, 0.2) is 18.2 Å². The molecule has 0 saturated carbocycles. The summed E-state index contributed by atoms with van der Waals surface area (Å²) >= 11 is 0. The lowest BCUT2D eigenvalue weighted by Gasteiger charge is -2.22. The molecule has 0 fully saturated rings. The second kappa shape index (κ2) is 11.3. The second-order valence-electron chi connectivity index (χ2n) is 5.39. The number of esters is 1. The van der Waals surface area contributed by atoms with E-state index in [1.165, 1.54) is 7.11 Å². The molecule has 140 valence electrons. The van der Waals surface area contributed by atoms with Crippen LogP contribution >= 0.6 is 0 Å². The summed E-state index contributed by atoms with van der Waals surface area (Å²) in [5.41, 5.74) is 0.977. The van der Waals surface area contributed by atoms with Crippen LogP contribution in [0.5, 0.6) is 11.5 Å². The molecule has 0 aliphatic rings. The highest BCUT2D eigenvalue weighted by atomic mass is 16.5. The average molecular weight is 353 g/mol. The van der Waals surface area contributed by atoms with E-state index in [0.29, 0.717) is 44.0 Å². The number of hydrogen-bond donors (Lipinski definition) is 0. The average Bonchev–Trinajstić information content (AvgIpc) is 2.65. The molecular weight excluding hydrogens is 326 g/mol. The Balaban J connectivity index is 2.64. The zero-order valence-corrected chi connectivity index (χ0v) is 15.4. The molecule has 1 rings (SSSR count). The van der Waals surface area contributed by atoms with Crippen molar-refractivity contribution in [2.45, 2.75) is 19.3 Å². The number of methoxy groups -OCH3 is 4. The van der Waals surface area contributed by atoms with Crippen LogP contribution in [0.1, 0.15) is 18.4 Å². The third-order valence-corrected chi connectivity index (χ3v) is 3.81. The van der Waals surface area contributed by atoms with E-state index in [4.69, 9.17) is 14.2 Å². The van der Waals surface area contributed by atoms with E-state index in [-0.39, 0.29) is 18.3 Å². The number of rotatable bonds is 11. The van der Waals surface area contributed by atoms with Gasteiger partial charge in [0, 0.05) is 26.6 Å². The van der Waals surface area contributed by atoms with E-state index < -0.39 is 0 Å². The molecule has 1 aromatic rings. The van der Waals surface area contributed by atoms with Crippen molar-refractivity contribution in [2.75, 3.05) is 48.1 Å². The number of ether oxygens (including phenoxy) is 4. The van der Waals surface area contributed by atoms with E-state index in [1.54, 1.807) is 26.2 Å². The van der Waals surface area contributed by atoms with Crippen molar-refractivity contribution < 1.29 is 28.5 Å². The monoisotopic (exact) mass is 353 g/mol. The van der Waals surface area contributed by atoms with Gasteiger partial charge >= 0.3 is 5.97 Å². The number of benzene rings is 1. The van der Waals surface area contributed by atoms with Crippen LogP contribution in [0.3, 0.4) is 0 Å². The Hall–Kier alpha value is -2.28. The summed E-state index contributed by atoms with van der Waals surface area (Å²) in [6.07, 6.45) is 1.07. The van der Waals surface area contributed by atoms with Gasteiger partial charge < -0.3 is 23.8 Å². The summed E-state index contributed by atoms with van der Waals surface area (Å²) < 4.78 is 20.1. The predicted molar refractivity (Wildman–Crippen MR) is 93.0 cm³/mol. The van der Waals surface area contributed by atoms with Crippen molar-refractivity contribution >= 4 is 11.9 Å². The highest BCUT2D eigenvalue weighted by molar-refractivity contribution is 5.77. The summed E-state index contributed by atoms with van der Waals surface area (Å²) in [6.45, 7) is 1.18. The lowest BCUT2D eigenvalue weighted by atomic mass is 10.1. The van der Waals surface area contributed by atoms with Crippen molar-refractivity contribution in [1.82, 2.24) is 4.90 Å². The van der Waals surface area contributed by atoms with Gasteiger partial charge in [-0.15, -0.1) is 0 Å². The normalized spacial score (nSPS) is 10.2. The fraction of sp³-hybridized carbons (Fsp3) is 0.556. The molecule has 0 aliphatic carbocycles.